The molecule has 0 aromatic rings. The first-order valence-corrected chi connectivity index (χ1v) is 20.2. The highest BCUT2D eigenvalue weighted by Gasteiger charge is 2.69. The molecule has 12 bridgehead atoms. The number of alkyl halides is 3. The molecule has 306 valence electrons. The standard InChI is InChI=1S/C40H53F3O12/c1-18-13-21-5-7-24-19(2)14-23(47-24)11-12-39-17-29-35(54-39)36-37(52-29)38(55-39)33-26(51-36)8-6-22(49-33)15-31(45)53-34-28(16-27(48-21)20(18)3)50-25(32(34)46-4)9-10-30(44)40(41,42)43/h18,21-29,32-38H,2-3,5-17H2,1,4H3/t18-,21+,22-,23+,24+,25+,26+,27-,28+,29+,32+,33+,34+,35+,36?,37-,38+,39+/m1/s1. The van der Waals surface area contributed by atoms with Gasteiger partial charge in [-0.2, -0.15) is 13.2 Å². The second-order valence-corrected chi connectivity index (χ2v) is 17.3. The summed E-state index contributed by atoms with van der Waals surface area (Å²) < 4.78 is 104. The smallest absolute Gasteiger partial charge is 0.449 e. The van der Waals surface area contributed by atoms with Crippen LogP contribution in [0, 0.1) is 5.92 Å². The summed E-state index contributed by atoms with van der Waals surface area (Å²) in [5.41, 5.74) is 1.93. The first-order valence-electron chi connectivity index (χ1n) is 20.2. The molecule has 10 heterocycles. The number of esters is 1. The average molecular weight is 783 g/mol. The molecule has 0 N–H and O–H groups in total. The highest BCUT2D eigenvalue weighted by Crippen LogP contribution is 2.54. The summed E-state index contributed by atoms with van der Waals surface area (Å²) >= 11 is 0. The van der Waals surface area contributed by atoms with E-state index in [4.69, 9.17) is 47.4 Å². The van der Waals surface area contributed by atoms with Crippen LogP contribution in [0.1, 0.15) is 90.4 Å². The van der Waals surface area contributed by atoms with Crippen LogP contribution in [-0.2, 0) is 57.0 Å². The van der Waals surface area contributed by atoms with E-state index in [-0.39, 0.29) is 74.0 Å². The number of rotatable bonds is 4. The van der Waals surface area contributed by atoms with Crippen LogP contribution in [0.4, 0.5) is 13.2 Å². The first kappa shape index (κ1) is 38.6. The fourth-order valence-corrected chi connectivity index (χ4v) is 10.9. The van der Waals surface area contributed by atoms with E-state index >= 15 is 0 Å². The van der Waals surface area contributed by atoms with Crippen molar-refractivity contribution in [3.8, 4) is 0 Å². The van der Waals surface area contributed by atoms with Crippen LogP contribution in [0.2, 0.25) is 0 Å². The summed E-state index contributed by atoms with van der Waals surface area (Å²) in [6, 6.07) is 0. The van der Waals surface area contributed by atoms with Gasteiger partial charge in [-0.3, -0.25) is 9.59 Å². The molecule has 15 heteroatoms. The number of ketones is 1. The Morgan fingerprint density at radius 2 is 1.51 bits per heavy atom. The summed E-state index contributed by atoms with van der Waals surface area (Å²) in [5, 5.41) is 0. The van der Waals surface area contributed by atoms with Gasteiger partial charge in [0.1, 0.15) is 42.7 Å². The molecule has 0 saturated carbocycles. The van der Waals surface area contributed by atoms with Crippen molar-refractivity contribution < 1.29 is 70.1 Å². The third-order valence-corrected chi connectivity index (χ3v) is 13.7. The van der Waals surface area contributed by atoms with Crippen molar-refractivity contribution in [1.82, 2.24) is 0 Å². The van der Waals surface area contributed by atoms with Gasteiger partial charge in [-0.05, 0) is 68.4 Å². The van der Waals surface area contributed by atoms with Gasteiger partial charge in [0.2, 0.25) is 5.78 Å². The Kier molecular flexibility index (Phi) is 10.3. The molecule has 0 aliphatic carbocycles. The van der Waals surface area contributed by atoms with E-state index in [1.165, 1.54) is 7.11 Å². The number of hydrogen-bond acceptors (Lipinski definition) is 12. The van der Waals surface area contributed by atoms with Gasteiger partial charge in [-0.1, -0.05) is 20.1 Å². The van der Waals surface area contributed by atoms with Crippen molar-refractivity contribution in [3.05, 3.63) is 24.3 Å². The lowest BCUT2D eigenvalue weighted by Gasteiger charge is -2.47. The Balaban J connectivity index is 0.984. The van der Waals surface area contributed by atoms with Crippen molar-refractivity contribution in [2.45, 2.75) is 200 Å². The van der Waals surface area contributed by atoms with Crippen LogP contribution >= 0.6 is 0 Å². The van der Waals surface area contributed by atoms with Crippen LogP contribution in [0.3, 0.4) is 0 Å². The van der Waals surface area contributed by atoms with E-state index in [1.54, 1.807) is 0 Å². The first-order chi connectivity index (χ1) is 26.3. The van der Waals surface area contributed by atoms with E-state index in [0.717, 1.165) is 43.3 Å². The fraction of sp³-hybridized carbons (Fsp3) is 0.850. The van der Waals surface area contributed by atoms with E-state index in [1.807, 2.05) is 0 Å². The predicted octanol–water partition coefficient (Wildman–Crippen LogP) is 4.98. The fourth-order valence-electron chi connectivity index (χ4n) is 10.9. The molecule has 10 aliphatic heterocycles. The predicted molar refractivity (Wildman–Crippen MR) is 184 cm³/mol. The van der Waals surface area contributed by atoms with Crippen LogP contribution in [-0.4, -0.2) is 128 Å². The molecular formula is C40H53F3O12. The van der Waals surface area contributed by atoms with Crippen molar-refractivity contribution in [2.24, 2.45) is 5.92 Å². The van der Waals surface area contributed by atoms with Gasteiger partial charge in [-0.15, -0.1) is 0 Å². The molecule has 0 radical (unpaired) electrons. The number of hydrogen-bond donors (Lipinski definition) is 0. The Morgan fingerprint density at radius 3 is 2.31 bits per heavy atom. The van der Waals surface area contributed by atoms with Gasteiger partial charge < -0.3 is 47.4 Å². The maximum Gasteiger partial charge on any atom is 0.449 e. The number of carbonyl (C=O) groups excluding carboxylic acids is 2. The molecule has 12 nitrogen and oxygen atoms in total. The summed E-state index contributed by atoms with van der Waals surface area (Å²) in [6.07, 6.45) is -6.79. The van der Waals surface area contributed by atoms with E-state index < -0.39 is 79.0 Å². The zero-order chi connectivity index (χ0) is 38.4. The normalized spacial score (nSPS) is 49.7. The minimum absolute atomic E-state index is 0.0249. The molecular weight excluding hydrogens is 729 g/mol. The highest BCUT2D eigenvalue weighted by atomic mass is 19.4. The minimum atomic E-state index is -4.97. The van der Waals surface area contributed by atoms with E-state index in [9.17, 15) is 22.8 Å². The lowest BCUT2D eigenvalue weighted by molar-refractivity contribution is -0.293. The van der Waals surface area contributed by atoms with Gasteiger partial charge in [0.15, 0.2) is 11.9 Å². The zero-order valence-corrected chi connectivity index (χ0v) is 31.5. The van der Waals surface area contributed by atoms with Crippen molar-refractivity contribution in [1.29, 1.82) is 0 Å². The lowest BCUT2D eigenvalue weighted by atomic mass is 9.84. The van der Waals surface area contributed by atoms with Crippen molar-refractivity contribution >= 4 is 11.8 Å². The maximum atomic E-state index is 13.8. The monoisotopic (exact) mass is 782 g/mol. The molecule has 0 aromatic heterocycles. The SMILES string of the molecule is C=C1C[C@@H]2CC[C@@]34C[C@@H]5O[C@@H]6C(O[C@H]7CC[C@H](CC(=O)O[C@@H]8[C@@H](OC)[C@H](CCC(=O)C(F)(F)F)O[C@H]8C[C@H]8O[C@@H](CC[C@@H]1O2)C[C@@H](C)C8=C)O[C@@H]7[C@@H]6O3)[C@H]5O4. The van der Waals surface area contributed by atoms with Gasteiger partial charge in [-0.25, -0.2) is 0 Å². The molecule has 0 aromatic carbocycles. The largest absolute Gasteiger partial charge is 0.457 e. The number of methoxy groups -OCH3 is 1. The number of carbonyl (C=O) groups is 2. The molecule has 18 atom stereocenters. The Labute approximate surface area is 318 Å². The minimum Gasteiger partial charge on any atom is -0.457 e. The Hall–Kier alpha value is -1.95. The Morgan fingerprint density at radius 1 is 0.782 bits per heavy atom. The third-order valence-electron chi connectivity index (χ3n) is 13.7. The second kappa shape index (κ2) is 14.7. The average Bonchev–Trinajstić information content (AvgIpc) is 3.81. The van der Waals surface area contributed by atoms with E-state index in [0.29, 0.717) is 25.7 Å². The van der Waals surface area contributed by atoms with Gasteiger partial charge in [0.05, 0.1) is 55.3 Å². The van der Waals surface area contributed by atoms with Crippen LogP contribution < -0.4 is 0 Å². The summed E-state index contributed by atoms with van der Waals surface area (Å²) in [4.78, 5) is 25.7. The second-order valence-electron chi connectivity index (χ2n) is 17.3. The molecule has 0 amide bonds. The summed E-state index contributed by atoms with van der Waals surface area (Å²) in [6.45, 7) is 10.8. The highest BCUT2D eigenvalue weighted by molar-refractivity contribution is 5.83. The number of Topliss-reactive ketones (excluding diaryl/α,β-unsaturated/α-hetero) is 1. The molecule has 10 fully saturated rings. The summed E-state index contributed by atoms with van der Waals surface area (Å²) in [7, 11) is 1.40. The molecule has 10 saturated heterocycles. The van der Waals surface area contributed by atoms with Gasteiger partial charge in [0, 0.05) is 32.8 Å². The molecule has 1 spiro atoms. The third kappa shape index (κ3) is 7.26. The van der Waals surface area contributed by atoms with Gasteiger partial charge in [0.25, 0.3) is 0 Å². The van der Waals surface area contributed by atoms with Crippen molar-refractivity contribution in [2.75, 3.05) is 7.11 Å². The number of ether oxygens (including phenoxy) is 10. The Bertz CT molecular complexity index is 1520. The maximum absolute atomic E-state index is 13.8. The molecule has 10 aliphatic rings. The zero-order valence-electron chi connectivity index (χ0n) is 31.5. The van der Waals surface area contributed by atoms with Gasteiger partial charge >= 0.3 is 12.1 Å². The number of fused-ring (bicyclic) bond motifs is 6. The molecule has 1 unspecified atom stereocenters. The summed E-state index contributed by atoms with van der Waals surface area (Å²) in [5.74, 6) is -3.15. The molecule has 55 heavy (non-hydrogen) atoms. The van der Waals surface area contributed by atoms with E-state index in [2.05, 4.69) is 20.1 Å². The van der Waals surface area contributed by atoms with Crippen molar-refractivity contribution in [3.63, 3.8) is 0 Å². The lowest BCUT2D eigenvalue weighted by Crippen LogP contribution is -2.61. The van der Waals surface area contributed by atoms with Crippen LogP contribution in [0.25, 0.3) is 0 Å². The topological polar surface area (TPSA) is 126 Å². The quantitative estimate of drug-likeness (QED) is 0.282. The van der Waals surface area contributed by atoms with Crippen LogP contribution in [0.5, 0.6) is 0 Å². The molecule has 10 rings (SSSR count). The number of halogens is 3. The van der Waals surface area contributed by atoms with Crippen LogP contribution in [0.15, 0.2) is 24.3 Å².